The van der Waals surface area contributed by atoms with E-state index < -0.39 is 6.10 Å². The van der Waals surface area contributed by atoms with Gasteiger partial charge in [-0.05, 0) is 24.3 Å². The number of fused-ring (bicyclic) bond motifs is 1. The quantitative estimate of drug-likeness (QED) is 0.650. The van der Waals surface area contributed by atoms with Crippen molar-refractivity contribution in [3.63, 3.8) is 0 Å². The highest BCUT2D eigenvalue weighted by Gasteiger charge is 2.36. The van der Waals surface area contributed by atoms with Crippen molar-refractivity contribution < 1.29 is 19.5 Å². The van der Waals surface area contributed by atoms with E-state index in [4.69, 9.17) is 0 Å². The van der Waals surface area contributed by atoms with Crippen LogP contribution in [0.25, 0.3) is 0 Å². The van der Waals surface area contributed by atoms with Crippen molar-refractivity contribution in [1.82, 2.24) is 14.7 Å². The standard InChI is InChI=1S/C24H28N4O4/c1-25(18-7-3-2-4-8-18)22(30)17-27-13-11-26(12-14-27)15-19(29)16-28-23(31)20-9-5-6-10-21(20)24(28)32/h2-10,19,29H,11-17H2,1H3. The van der Waals surface area contributed by atoms with Crippen molar-refractivity contribution in [1.29, 1.82) is 0 Å². The Labute approximate surface area is 187 Å². The molecule has 0 bridgehead atoms. The van der Waals surface area contributed by atoms with Gasteiger partial charge in [-0.3, -0.25) is 29.1 Å². The van der Waals surface area contributed by atoms with E-state index in [1.54, 1.807) is 36.2 Å². The van der Waals surface area contributed by atoms with Crippen molar-refractivity contribution in [2.24, 2.45) is 0 Å². The lowest BCUT2D eigenvalue weighted by atomic mass is 10.1. The SMILES string of the molecule is CN(C(=O)CN1CCN(CC(O)CN2C(=O)c3ccccc3C2=O)CC1)c1ccccc1. The molecular formula is C24H28N4O4. The maximum atomic E-state index is 12.6. The van der Waals surface area contributed by atoms with Crippen molar-refractivity contribution >= 4 is 23.4 Å². The number of aliphatic hydroxyl groups excluding tert-OH is 1. The summed E-state index contributed by atoms with van der Waals surface area (Å²) in [6.45, 7) is 3.55. The number of β-amino-alcohol motifs (C(OH)–C–C–N with tert-alkyl or cyclic N) is 1. The Hall–Kier alpha value is -3.07. The number of hydrogen-bond acceptors (Lipinski definition) is 6. The number of benzene rings is 2. The van der Waals surface area contributed by atoms with Crippen LogP contribution in [0.4, 0.5) is 5.69 Å². The maximum Gasteiger partial charge on any atom is 0.261 e. The van der Waals surface area contributed by atoms with Gasteiger partial charge in [-0.15, -0.1) is 0 Å². The third-order valence-electron chi connectivity index (χ3n) is 6.08. The molecule has 0 radical (unpaired) electrons. The predicted molar refractivity (Wildman–Crippen MR) is 121 cm³/mol. The highest BCUT2D eigenvalue weighted by atomic mass is 16.3. The number of amides is 3. The molecule has 168 valence electrons. The van der Waals surface area contributed by atoms with Gasteiger partial charge in [-0.25, -0.2) is 0 Å². The first-order valence-corrected chi connectivity index (χ1v) is 10.8. The summed E-state index contributed by atoms with van der Waals surface area (Å²) in [5.74, 6) is -0.665. The molecule has 2 heterocycles. The fraction of sp³-hybridized carbons (Fsp3) is 0.375. The van der Waals surface area contributed by atoms with E-state index in [-0.39, 0.29) is 24.3 Å². The van der Waals surface area contributed by atoms with Gasteiger partial charge < -0.3 is 10.0 Å². The Morgan fingerprint density at radius 2 is 1.41 bits per heavy atom. The number of carbonyl (C=O) groups excluding carboxylic acids is 3. The monoisotopic (exact) mass is 436 g/mol. The van der Waals surface area contributed by atoms with Gasteiger partial charge in [0.15, 0.2) is 0 Å². The van der Waals surface area contributed by atoms with Gasteiger partial charge in [0.05, 0.1) is 30.3 Å². The minimum Gasteiger partial charge on any atom is -0.390 e. The molecule has 1 unspecified atom stereocenters. The van der Waals surface area contributed by atoms with Gasteiger partial charge >= 0.3 is 0 Å². The number of rotatable bonds is 7. The Morgan fingerprint density at radius 1 is 0.875 bits per heavy atom. The zero-order valence-corrected chi connectivity index (χ0v) is 18.2. The molecule has 3 amide bonds. The fourth-order valence-corrected chi connectivity index (χ4v) is 4.19. The lowest BCUT2D eigenvalue weighted by Crippen LogP contribution is -2.52. The minimum atomic E-state index is -0.824. The summed E-state index contributed by atoms with van der Waals surface area (Å²) in [5.41, 5.74) is 1.65. The zero-order valence-electron chi connectivity index (χ0n) is 18.2. The molecule has 32 heavy (non-hydrogen) atoms. The van der Waals surface area contributed by atoms with Crippen LogP contribution in [0.2, 0.25) is 0 Å². The van der Waals surface area contributed by atoms with E-state index in [1.165, 1.54) is 0 Å². The predicted octanol–water partition coefficient (Wildman–Crippen LogP) is 0.924. The van der Waals surface area contributed by atoms with E-state index in [9.17, 15) is 19.5 Å². The van der Waals surface area contributed by atoms with E-state index in [0.29, 0.717) is 50.4 Å². The average Bonchev–Trinajstić information content (AvgIpc) is 3.05. The number of carbonyl (C=O) groups is 3. The molecule has 1 atom stereocenters. The number of hydrogen-bond donors (Lipinski definition) is 1. The number of para-hydroxylation sites is 1. The molecule has 2 aromatic rings. The van der Waals surface area contributed by atoms with Crippen molar-refractivity contribution in [2.45, 2.75) is 6.10 Å². The van der Waals surface area contributed by atoms with Crippen molar-refractivity contribution in [3.8, 4) is 0 Å². The molecule has 4 rings (SSSR count). The van der Waals surface area contributed by atoms with Crippen LogP contribution in [0.5, 0.6) is 0 Å². The lowest BCUT2D eigenvalue weighted by Gasteiger charge is -2.36. The summed E-state index contributed by atoms with van der Waals surface area (Å²) in [6.07, 6.45) is -0.824. The third kappa shape index (κ3) is 4.72. The normalized spacial score (nSPS) is 18.0. The van der Waals surface area contributed by atoms with Gasteiger partial charge in [0, 0.05) is 45.5 Å². The van der Waals surface area contributed by atoms with Crippen molar-refractivity contribution in [3.05, 3.63) is 65.7 Å². The minimum absolute atomic E-state index is 0.0209. The number of nitrogens with zero attached hydrogens (tertiary/aromatic N) is 4. The number of anilines is 1. The largest absolute Gasteiger partial charge is 0.390 e. The van der Waals surface area contributed by atoms with Gasteiger partial charge in [-0.1, -0.05) is 30.3 Å². The summed E-state index contributed by atoms with van der Waals surface area (Å²) >= 11 is 0. The van der Waals surface area contributed by atoms with E-state index in [2.05, 4.69) is 9.80 Å². The van der Waals surface area contributed by atoms with E-state index >= 15 is 0 Å². The zero-order chi connectivity index (χ0) is 22.7. The maximum absolute atomic E-state index is 12.6. The van der Waals surface area contributed by atoms with Crippen LogP contribution in [0.1, 0.15) is 20.7 Å². The van der Waals surface area contributed by atoms with Gasteiger partial charge in [0.2, 0.25) is 5.91 Å². The number of likely N-dealkylation sites (N-methyl/N-ethyl adjacent to an activating group) is 1. The van der Waals surface area contributed by atoms with Gasteiger partial charge in [-0.2, -0.15) is 0 Å². The van der Waals surface area contributed by atoms with Crippen LogP contribution in [0, 0.1) is 0 Å². The lowest BCUT2D eigenvalue weighted by molar-refractivity contribution is -0.119. The first-order valence-electron chi connectivity index (χ1n) is 10.8. The van der Waals surface area contributed by atoms with Gasteiger partial charge in [0.1, 0.15) is 0 Å². The van der Waals surface area contributed by atoms with Crippen LogP contribution in [0.3, 0.4) is 0 Å². The molecule has 2 aromatic carbocycles. The van der Waals surface area contributed by atoms with Crippen LogP contribution in [-0.4, -0.2) is 96.5 Å². The van der Waals surface area contributed by atoms with Gasteiger partial charge in [0.25, 0.3) is 11.8 Å². The molecule has 0 saturated carbocycles. The molecule has 2 aliphatic heterocycles. The first-order chi connectivity index (χ1) is 15.4. The molecule has 1 saturated heterocycles. The van der Waals surface area contributed by atoms with Crippen LogP contribution >= 0.6 is 0 Å². The highest BCUT2D eigenvalue weighted by molar-refractivity contribution is 6.21. The molecule has 0 aliphatic carbocycles. The Balaban J connectivity index is 1.23. The molecule has 2 aliphatic rings. The number of aliphatic hydroxyl groups is 1. The van der Waals surface area contributed by atoms with E-state index in [0.717, 1.165) is 10.6 Å². The molecule has 1 N–H and O–H groups in total. The second-order valence-corrected chi connectivity index (χ2v) is 8.29. The number of imide groups is 1. The molecule has 8 heteroatoms. The molecule has 1 fully saturated rings. The van der Waals surface area contributed by atoms with Crippen LogP contribution in [0.15, 0.2) is 54.6 Å². The summed E-state index contributed by atoms with van der Waals surface area (Å²) < 4.78 is 0. The fourth-order valence-electron chi connectivity index (χ4n) is 4.19. The summed E-state index contributed by atoms with van der Waals surface area (Å²) in [5, 5.41) is 10.5. The second kappa shape index (κ2) is 9.60. The smallest absolute Gasteiger partial charge is 0.261 e. The Morgan fingerprint density at radius 3 is 2.00 bits per heavy atom. The molecular weight excluding hydrogens is 408 g/mol. The molecule has 0 spiro atoms. The van der Waals surface area contributed by atoms with Crippen LogP contribution in [-0.2, 0) is 4.79 Å². The third-order valence-corrected chi connectivity index (χ3v) is 6.08. The van der Waals surface area contributed by atoms with E-state index in [1.807, 2.05) is 30.3 Å². The molecule has 8 nitrogen and oxygen atoms in total. The molecule has 0 aromatic heterocycles. The Bertz CT molecular complexity index is 954. The average molecular weight is 437 g/mol. The van der Waals surface area contributed by atoms with Crippen molar-refractivity contribution in [2.75, 3.05) is 57.8 Å². The van der Waals surface area contributed by atoms with Crippen LogP contribution < -0.4 is 4.90 Å². The Kier molecular flexibility index (Phi) is 6.64. The first kappa shape index (κ1) is 22.1. The number of piperazine rings is 1. The highest BCUT2D eigenvalue weighted by Crippen LogP contribution is 2.22. The second-order valence-electron chi connectivity index (χ2n) is 8.29. The summed E-state index contributed by atoms with van der Waals surface area (Å²) in [4.78, 5) is 44.5. The summed E-state index contributed by atoms with van der Waals surface area (Å²) in [7, 11) is 1.78. The topological polar surface area (TPSA) is 84.4 Å². The summed E-state index contributed by atoms with van der Waals surface area (Å²) in [6, 6.07) is 16.3.